The van der Waals surface area contributed by atoms with Crippen LogP contribution in [0.4, 0.5) is 0 Å². The van der Waals surface area contributed by atoms with Crippen LogP contribution >= 0.6 is 0 Å². The number of hydrogen-bond donors (Lipinski definition) is 1. The Morgan fingerprint density at radius 3 is 2.60 bits per heavy atom. The number of rotatable bonds is 6. The summed E-state index contributed by atoms with van der Waals surface area (Å²) in [7, 11) is 0. The Morgan fingerprint density at radius 1 is 1.25 bits per heavy atom. The number of nitrogens with zero attached hydrogens (tertiary/aromatic N) is 1. The van der Waals surface area contributed by atoms with Gasteiger partial charge < -0.3 is 9.67 Å². The van der Waals surface area contributed by atoms with E-state index in [-0.39, 0.29) is 0 Å². The third kappa shape index (κ3) is 2.58. The van der Waals surface area contributed by atoms with Crippen LogP contribution in [0.5, 0.6) is 0 Å². The third-order valence-corrected chi connectivity index (χ3v) is 3.93. The summed E-state index contributed by atoms with van der Waals surface area (Å²) >= 11 is 0. The van der Waals surface area contributed by atoms with Crippen molar-refractivity contribution in [3.8, 4) is 0 Å². The monoisotopic (exact) mass is 273 g/mol. The molecule has 1 aromatic carbocycles. The average Bonchev–Trinajstić information content (AvgIpc) is 2.69. The van der Waals surface area contributed by atoms with Gasteiger partial charge in [-0.05, 0) is 49.9 Å². The number of aromatic carboxylic acids is 1. The lowest BCUT2D eigenvalue weighted by atomic mass is 10.0. The maximum atomic E-state index is 11.2. The second-order valence-electron chi connectivity index (χ2n) is 5.36. The molecular formula is C17H23NO2. The first kappa shape index (κ1) is 14.6. The van der Waals surface area contributed by atoms with Crippen LogP contribution < -0.4 is 0 Å². The molecule has 0 amide bonds. The smallest absolute Gasteiger partial charge is 0.335 e. The van der Waals surface area contributed by atoms with Crippen molar-refractivity contribution in [3.05, 3.63) is 35.0 Å². The van der Waals surface area contributed by atoms with Gasteiger partial charge in [0.1, 0.15) is 0 Å². The van der Waals surface area contributed by atoms with Crippen molar-refractivity contribution in [2.24, 2.45) is 0 Å². The van der Waals surface area contributed by atoms with E-state index in [4.69, 9.17) is 0 Å². The molecule has 0 aliphatic rings. The quantitative estimate of drug-likeness (QED) is 0.847. The number of carboxylic acid groups (broad SMARTS) is 1. The molecule has 108 valence electrons. The normalized spacial score (nSPS) is 11.2. The summed E-state index contributed by atoms with van der Waals surface area (Å²) in [6.07, 6.45) is 4.40. The average molecular weight is 273 g/mol. The number of carbonyl (C=O) groups is 1. The minimum Gasteiger partial charge on any atom is -0.478 e. The second kappa shape index (κ2) is 6.12. The van der Waals surface area contributed by atoms with Crippen molar-refractivity contribution in [1.82, 2.24) is 4.57 Å². The highest BCUT2D eigenvalue weighted by Crippen LogP contribution is 2.28. The Kier molecular flexibility index (Phi) is 4.48. The van der Waals surface area contributed by atoms with E-state index in [1.807, 2.05) is 12.1 Å². The molecule has 0 aliphatic carbocycles. The van der Waals surface area contributed by atoms with Crippen molar-refractivity contribution in [1.29, 1.82) is 0 Å². The van der Waals surface area contributed by atoms with Gasteiger partial charge in [0.15, 0.2) is 0 Å². The maximum Gasteiger partial charge on any atom is 0.335 e. The molecule has 0 aliphatic heterocycles. The molecule has 20 heavy (non-hydrogen) atoms. The van der Waals surface area contributed by atoms with Crippen molar-refractivity contribution in [2.75, 3.05) is 0 Å². The standard InChI is InChI=1S/C17H23NO2/c1-4-6-7-14-12(3)18(10-5-2)16-9-8-13(17(19)20)11-15(14)16/h8-9,11H,4-7,10H2,1-3H3,(H,19,20). The molecule has 3 nitrogen and oxygen atoms in total. The summed E-state index contributed by atoms with van der Waals surface area (Å²) in [5.41, 5.74) is 4.15. The molecule has 3 heteroatoms. The SMILES string of the molecule is CCCCc1c(C)n(CCC)c2ccc(C(=O)O)cc12. The van der Waals surface area contributed by atoms with Crippen molar-refractivity contribution < 1.29 is 9.90 Å². The Hall–Kier alpha value is -1.77. The summed E-state index contributed by atoms with van der Waals surface area (Å²) in [6.45, 7) is 7.49. The Balaban J connectivity index is 2.63. The minimum absolute atomic E-state index is 0.379. The molecule has 0 spiro atoms. The van der Waals surface area contributed by atoms with Crippen LogP contribution in [0.15, 0.2) is 18.2 Å². The Bertz CT molecular complexity index is 625. The van der Waals surface area contributed by atoms with E-state index in [2.05, 4.69) is 25.3 Å². The summed E-state index contributed by atoms with van der Waals surface area (Å²) in [6, 6.07) is 5.50. The lowest BCUT2D eigenvalue weighted by molar-refractivity contribution is 0.0697. The number of unbranched alkanes of at least 4 members (excludes halogenated alkanes) is 1. The highest BCUT2D eigenvalue weighted by atomic mass is 16.4. The van der Waals surface area contributed by atoms with Crippen LogP contribution in [0.3, 0.4) is 0 Å². The topological polar surface area (TPSA) is 42.2 Å². The molecule has 0 unspecified atom stereocenters. The number of aromatic nitrogens is 1. The van der Waals surface area contributed by atoms with Gasteiger partial charge in [0.05, 0.1) is 5.56 Å². The molecule has 0 saturated carbocycles. The van der Waals surface area contributed by atoms with Gasteiger partial charge >= 0.3 is 5.97 Å². The van der Waals surface area contributed by atoms with Crippen LogP contribution in [-0.2, 0) is 13.0 Å². The molecule has 0 fully saturated rings. The van der Waals surface area contributed by atoms with Crippen LogP contribution in [0, 0.1) is 6.92 Å². The first-order valence-corrected chi connectivity index (χ1v) is 7.45. The highest BCUT2D eigenvalue weighted by molar-refractivity contribution is 5.95. The van der Waals surface area contributed by atoms with E-state index in [9.17, 15) is 9.90 Å². The molecule has 1 aromatic heterocycles. The van der Waals surface area contributed by atoms with Gasteiger partial charge in [0.25, 0.3) is 0 Å². The van der Waals surface area contributed by atoms with Gasteiger partial charge in [-0.25, -0.2) is 4.79 Å². The van der Waals surface area contributed by atoms with Crippen LogP contribution in [0.2, 0.25) is 0 Å². The van der Waals surface area contributed by atoms with Gasteiger partial charge in [0.2, 0.25) is 0 Å². The van der Waals surface area contributed by atoms with Crippen LogP contribution in [0.1, 0.15) is 54.7 Å². The van der Waals surface area contributed by atoms with Gasteiger partial charge in [-0.1, -0.05) is 20.3 Å². The first-order chi connectivity index (χ1) is 9.60. The van der Waals surface area contributed by atoms with Crippen LogP contribution in [-0.4, -0.2) is 15.6 Å². The molecule has 1 heterocycles. The second-order valence-corrected chi connectivity index (χ2v) is 5.36. The lowest BCUT2D eigenvalue weighted by Crippen LogP contribution is -2.00. The number of fused-ring (bicyclic) bond motifs is 1. The fourth-order valence-corrected chi connectivity index (χ4v) is 2.87. The molecule has 0 radical (unpaired) electrons. The Morgan fingerprint density at radius 2 is 2.00 bits per heavy atom. The van der Waals surface area contributed by atoms with Gasteiger partial charge in [-0.15, -0.1) is 0 Å². The van der Waals surface area contributed by atoms with Gasteiger partial charge in [-0.3, -0.25) is 0 Å². The number of aryl methyl sites for hydroxylation is 2. The third-order valence-electron chi connectivity index (χ3n) is 3.93. The fourth-order valence-electron chi connectivity index (χ4n) is 2.87. The van der Waals surface area contributed by atoms with Crippen molar-refractivity contribution in [2.45, 2.75) is 53.0 Å². The molecule has 1 N–H and O–H groups in total. The lowest BCUT2D eigenvalue weighted by Gasteiger charge is -2.06. The predicted octanol–water partition coefficient (Wildman–Crippen LogP) is 4.40. The predicted molar refractivity (Wildman–Crippen MR) is 82.5 cm³/mol. The van der Waals surface area contributed by atoms with Gasteiger partial charge in [-0.2, -0.15) is 0 Å². The van der Waals surface area contributed by atoms with Crippen molar-refractivity contribution in [3.63, 3.8) is 0 Å². The van der Waals surface area contributed by atoms with E-state index in [0.29, 0.717) is 5.56 Å². The molecule has 0 atom stereocenters. The van der Waals surface area contributed by atoms with E-state index < -0.39 is 5.97 Å². The molecule has 0 saturated heterocycles. The van der Waals surface area contributed by atoms with E-state index in [1.54, 1.807) is 6.07 Å². The molecule has 2 rings (SSSR count). The van der Waals surface area contributed by atoms with E-state index in [1.165, 1.54) is 16.8 Å². The number of benzene rings is 1. The summed E-state index contributed by atoms with van der Waals surface area (Å²) in [4.78, 5) is 11.2. The largest absolute Gasteiger partial charge is 0.478 e. The zero-order chi connectivity index (χ0) is 14.7. The molecule has 0 bridgehead atoms. The molecule has 2 aromatic rings. The Labute approximate surface area is 120 Å². The number of carboxylic acids is 1. The van der Waals surface area contributed by atoms with Crippen LogP contribution in [0.25, 0.3) is 10.9 Å². The minimum atomic E-state index is -0.853. The first-order valence-electron chi connectivity index (χ1n) is 7.45. The fraction of sp³-hybridized carbons (Fsp3) is 0.471. The van der Waals surface area contributed by atoms with Gasteiger partial charge in [0, 0.05) is 23.1 Å². The highest BCUT2D eigenvalue weighted by Gasteiger charge is 2.15. The number of hydrogen-bond acceptors (Lipinski definition) is 1. The van der Waals surface area contributed by atoms with E-state index in [0.717, 1.165) is 37.6 Å². The summed E-state index contributed by atoms with van der Waals surface area (Å²) in [5.74, 6) is -0.853. The zero-order valence-electron chi connectivity index (χ0n) is 12.6. The van der Waals surface area contributed by atoms with Crippen molar-refractivity contribution >= 4 is 16.9 Å². The van der Waals surface area contributed by atoms with E-state index >= 15 is 0 Å². The molecular weight excluding hydrogens is 250 g/mol. The summed E-state index contributed by atoms with van der Waals surface area (Å²) in [5, 5.41) is 10.3. The zero-order valence-corrected chi connectivity index (χ0v) is 12.6. The summed E-state index contributed by atoms with van der Waals surface area (Å²) < 4.78 is 2.33. The maximum absolute atomic E-state index is 11.2.